The Hall–Kier alpha value is -2.04. The molecule has 2 aromatic rings. The number of hydrogen-bond donors (Lipinski definition) is 1. The molecule has 0 saturated heterocycles. The highest BCUT2D eigenvalue weighted by molar-refractivity contribution is 5.77. The minimum Gasteiger partial charge on any atom is -0.424 e. The molecule has 0 unspecified atom stereocenters. The van der Waals surface area contributed by atoms with Crippen LogP contribution < -0.4 is 11.2 Å². The van der Waals surface area contributed by atoms with Crippen molar-refractivity contribution in [2.75, 3.05) is 0 Å². The minimum absolute atomic E-state index is 0.223. The van der Waals surface area contributed by atoms with E-state index < -0.39 is 11.2 Å². The molecule has 0 amide bonds. The molecule has 0 atom stereocenters. The van der Waals surface area contributed by atoms with Crippen LogP contribution in [0.5, 0.6) is 0 Å². The van der Waals surface area contributed by atoms with Gasteiger partial charge >= 0.3 is 5.69 Å². The summed E-state index contributed by atoms with van der Waals surface area (Å²) in [4.78, 5) is 22.8. The molecule has 14 heavy (non-hydrogen) atoms. The highest BCUT2D eigenvalue weighted by Gasteiger charge is 2.07. The van der Waals surface area contributed by atoms with Gasteiger partial charge in [0, 0.05) is 7.05 Å². The summed E-state index contributed by atoms with van der Waals surface area (Å²) in [5, 5.41) is 9.72. The second-order valence-electron chi connectivity index (χ2n) is 2.98. The monoisotopic (exact) mass is 192 g/mol. The molecular weight excluding hydrogens is 184 g/mol. The Morgan fingerprint density at radius 1 is 1.21 bits per heavy atom. The average Bonchev–Trinajstić information content (AvgIpc) is 2.23. The van der Waals surface area contributed by atoms with Crippen LogP contribution in [0.25, 0.3) is 10.9 Å². The summed E-state index contributed by atoms with van der Waals surface area (Å²) in [6, 6.07) is 6.39. The quantitative estimate of drug-likeness (QED) is 0.594. The number of aromatic nitrogens is 2. The Bertz CT molecular complexity index is 609. The predicted octanol–water partition coefficient (Wildman–Crippen LogP) is -0.0625. The maximum atomic E-state index is 11.5. The summed E-state index contributed by atoms with van der Waals surface area (Å²) in [7, 11) is 1.32. The molecule has 1 N–H and O–H groups in total. The van der Waals surface area contributed by atoms with Gasteiger partial charge in [-0.15, -0.1) is 4.73 Å². The first-order valence-corrected chi connectivity index (χ1v) is 4.03. The van der Waals surface area contributed by atoms with E-state index in [0.29, 0.717) is 10.1 Å². The first kappa shape index (κ1) is 8.55. The van der Waals surface area contributed by atoms with E-state index in [1.54, 1.807) is 18.2 Å². The van der Waals surface area contributed by atoms with Gasteiger partial charge in [-0.05, 0) is 12.1 Å². The lowest BCUT2D eigenvalue weighted by Gasteiger charge is -2.04. The van der Waals surface area contributed by atoms with Crippen molar-refractivity contribution in [3.63, 3.8) is 0 Å². The van der Waals surface area contributed by atoms with Crippen LogP contribution in [0.1, 0.15) is 0 Å². The molecule has 0 radical (unpaired) electrons. The molecule has 5 heteroatoms. The predicted molar refractivity (Wildman–Crippen MR) is 50.6 cm³/mol. The molecule has 0 aliphatic carbocycles. The standard InChI is InChI=1S/C9H8N2O3/c1-10-8(12)6-4-2-3-5-7(6)11(14)9(10)13/h2-5,14H,1H3. The van der Waals surface area contributed by atoms with Crippen LogP contribution in [0.15, 0.2) is 33.9 Å². The second-order valence-corrected chi connectivity index (χ2v) is 2.98. The van der Waals surface area contributed by atoms with Crippen LogP contribution in [0, 0.1) is 0 Å². The van der Waals surface area contributed by atoms with E-state index in [9.17, 15) is 14.8 Å². The SMILES string of the molecule is Cn1c(=O)c2ccccc2n(O)c1=O. The van der Waals surface area contributed by atoms with Crippen molar-refractivity contribution < 1.29 is 5.21 Å². The highest BCUT2D eigenvalue weighted by atomic mass is 16.5. The van der Waals surface area contributed by atoms with E-state index in [4.69, 9.17) is 0 Å². The Morgan fingerprint density at radius 3 is 2.57 bits per heavy atom. The van der Waals surface area contributed by atoms with Gasteiger partial charge in [-0.1, -0.05) is 12.1 Å². The maximum Gasteiger partial charge on any atom is 0.364 e. The van der Waals surface area contributed by atoms with Gasteiger partial charge in [0.15, 0.2) is 0 Å². The van der Waals surface area contributed by atoms with Crippen molar-refractivity contribution in [2.24, 2.45) is 7.05 Å². The molecule has 0 bridgehead atoms. The fourth-order valence-corrected chi connectivity index (χ4v) is 1.35. The first-order chi connectivity index (χ1) is 6.63. The van der Waals surface area contributed by atoms with Crippen LogP contribution in [0.2, 0.25) is 0 Å². The van der Waals surface area contributed by atoms with Crippen LogP contribution >= 0.6 is 0 Å². The van der Waals surface area contributed by atoms with Crippen molar-refractivity contribution in [1.29, 1.82) is 0 Å². The molecule has 0 aliphatic heterocycles. The third-order valence-corrected chi connectivity index (χ3v) is 2.14. The molecule has 0 spiro atoms. The molecule has 72 valence electrons. The lowest BCUT2D eigenvalue weighted by atomic mass is 10.2. The highest BCUT2D eigenvalue weighted by Crippen LogP contribution is 2.04. The van der Waals surface area contributed by atoms with Crippen molar-refractivity contribution in [3.05, 3.63) is 45.1 Å². The van der Waals surface area contributed by atoms with Crippen molar-refractivity contribution >= 4 is 10.9 Å². The van der Waals surface area contributed by atoms with Crippen LogP contribution in [-0.2, 0) is 7.05 Å². The summed E-state index contributed by atoms with van der Waals surface area (Å²) in [5.74, 6) is 0. The molecule has 0 saturated carbocycles. The summed E-state index contributed by atoms with van der Waals surface area (Å²) in [6.07, 6.45) is 0. The van der Waals surface area contributed by atoms with Gasteiger partial charge in [0.1, 0.15) is 0 Å². The number of fused-ring (bicyclic) bond motifs is 1. The summed E-state index contributed by atoms with van der Waals surface area (Å²) in [6.45, 7) is 0. The van der Waals surface area contributed by atoms with Crippen molar-refractivity contribution in [1.82, 2.24) is 9.30 Å². The zero-order valence-corrected chi connectivity index (χ0v) is 7.47. The Kier molecular flexibility index (Phi) is 1.67. The van der Waals surface area contributed by atoms with Crippen molar-refractivity contribution in [3.8, 4) is 0 Å². The fraction of sp³-hybridized carbons (Fsp3) is 0.111. The molecular formula is C9H8N2O3. The molecule has 0 aliphatic rings. The van der Waals surface area contributed by atoms with E-state index in [2.05, 4.69) is 0 Å². The average molecular weight is 192 g/mol. The number of nitrogens with zero attached hydrogens (tertiary/aromatic N) is 2. The topological polar surface area (TPSA) is 64.2 Å². The van der Waals surface area contributed by atoms with Crippen LogP contribution in [0.3, 0.4) is 0 Å². The van der Waals surface area contributed by atoms with Gasteiger partial charge in [-0.25, -0.2) is 4.79 Å². The maximum absolute atomic E-state index is 11.5. The van der Waals surface area contributed by atoms with Gasteiger partial charge in [0.05, 0.1) is 10.9 Å². The molecule has 0 fully saturated rings. The van der Waals surface area contributed by atoms with Crippen LogP contribution in [-0.4, -0.2) is 14.5 Å². The number of benzene rings is 1. The lowest BCUT2D eigenvalue weighted by Crippen LogP contribution is -2.37. The summed E-state index contributed by atoms with van der Waals surface area (Å²) >= 11 is 0. The first-order valence-electron chi connectivity index (χ1n) is 4.03. The molecule has 1 aromatic heterocycles. The molecule has 5 nitrogen and oxygen atoms in total. The van der Waals surface area contributed by atoms with Crippen LogP contribution in [0.4, 0.5) is 0 Å². The fourth-order valence-electron chi connectivity index (χ4n) is 1.35. The molecule has 1 aromatic carbocycles. The zero-order chi connectivity index (χ0) is 10.3. The lowest BCUT2D eigenvalue weighted by molar-refractivity contribution is 0.179. The smallest absolute Gasteiger partial charge is 0.364 e. The van der Waals surface area contributed by atoms with Crippen molar-refractivity contribution in [2.45, 2.75) is 0 Å². The Labute approximate surface area is 78.4 Å². The van der Waals surface area contributed by atoms with Gasteiger partial charge in [0.2, 0.25) is 0 Å². The zero-order valence-electron chi connectivity index (χ0n) is 7.47. The van der Waals surface area contributed by atoms with E-state index >= 15 is 0 Å². The van der Waals surface area contributed by atoms with E-state index in [-0.39, 0.29) is 5.52 Å². The van der Waals surface area contributed by atoms with Gasteiger partial charge in [0.25, 0.3) is 5.56 Å². The Morgan fingerprint density at radius 2 is 1.86 bits per heavy atom. The van der Waals surface area contributed by atoms with E-state index in [1.165, 1.54) is 13.1 Å². The summed E-state index contributed by atoms with van der Waals surface area (Å²) < 4.78 is 1.33. The normalized spacial score (nSPS) is 10.6. The summed E-state index contributed by atoms with van der Waals surface area (Å²) in [5.41, 5.74) is -0.926. The molecule has 2 rings (SSSR count). The van der Waals surface area contributed by atoms with Gasteiger partial charge in [-0.2, -0.15) is 0 Å². The minimum atomic E-state index is -0.742. The van der Waals surface area contributed by atoms with E-state index in [0.717, 1.165) is 4.57 Å². The third kappa shape index (κ3) is 0.953. The second kappa shape index (κ2) is 2.73. The van der Waals surface area contributed by atoms with Gasteiger partial charge in [-0.3, -0.25) is 9.36 Å². The Balaban J connectivity index is 3.19. The number of rotatable bonds is 0. The largest absolute Gasteiger partial charge is 0.424 e. The van der Waals surface area contributed by atoms with Gasteiger partial charge < -0.3 is 5.21 Å². The van der Waals surface area contributed by atoms with E-state index in [1.807, 2.05) is 0 Å². The third-order valence-electron chi connectivity index (χ3n) is 2.14. The molecule has 1 heterocycles. The number of hydrogen-bond acceptors (Lipinski definition) is 3. The number of para-hydroxylation sites is 1.